The van der Waals surface area contributed by atoms with Gasteiger partial charge in [0.2, 0.25) is 41.4 Å². The van der Waals surface area contributed by atoms with Gasteiger partial charge in [0.15, 0.2) is 0 Å². The van der Waals surface area contributed by atoms with E-state index in [2.05, 4.69) is 21.3 Å². The summed E-state index contributed by atoms with van der Waals surface area (Å²) in [5.41, 5.74) is 11.8. The van der Waals surface area contributed by atoms with Gasteiger partial charge in [0, 0.05) is 19.5 Å². The molecule has 1 unspecified atom stereocenters. The van der Waals surface area contributed by atoms with Crippen LogP contribution in [-0.2, 0) is 40.0 Å². The van der Waals surface area contributed by atoms with E-state index in [1.54, 1.807) is 26.0 Å². The predicted octanol–water partition coefficient (Wildman–Crippen LogP) is -2.01. The quantitative estimate of drug-likeness (QED) is 0.0873. The summed E-state index contributed by atoms with van der Waals surface area (Å²) < 4.78 is 0. The maximum absolute atomic E-state index is 13.7. The van der Waals surface area contributed by atoms with Gasteiger partial charge in [-0.3, -0.25) is 33.6 Å². The number of rotatable bonds is 17. The molecule has 2 aliphatic heterocycles. The number of primary amides is 1. The molecule has 0 spiro atoms. The van der Waals surface area contributed by atoms with Crippen molar-refractivity contribution in [2.45, 2.75) is 116 Å². The maximum atomic E-state index is 13.7. The van der Waals surface area contributed by atoms with Crippen molar-refractivity contribution < 1.29 is 43.8 Å². The normalized spacial score (nSPS) is 21.0. The topological polar surface area (TPSA) is 267 Å². The van der Waals surface area contributed by atoms with E-state index < -0.39 is 95.7 Å². The number of carbonyl (C=O) groups is 7. The van der Waals surface area contributed by atoms with Crippen LogP contribution < -0.4 is 32.7 Å². The molecule has 0 aromatic heterocycles. The number of nitrogens with zero attached hydrogens (tertiary/aromatic N) is 2. The van der Waals surface area contributed by atoms with Crippen LogP contribution in [0.25, 0.3) is 0 Å². The molecule has 3 rings (SSSR count). The number of nitrogens with one attached hydrogen (secondary N) is 4. The molecular weight excluding hydrogens is 676 g/mol. The fourth-order valence-corrected chi connectivity index (χ4v) is 6.28. The Hall–Kier alpha value is -4.77. The minimum atomic E-state index is -1.53. The Morgan fingerprint density at radius 1 is 0.788 bits per heavy atom. The van der Waals surface area contributed by atoms with E-state index in [-0.39, 0.29) is 37.6 Å². The number of nitrogens with two attached hydrogens (primary N) is 2. The van der Waals surface area contributed by atoms with Crippen LogP contribution in [0, 0.1) is 11.8 Å². The molecule has 1 aromatic rings. The van der Waals surface area contributed by atoms with Gasteiger partial charge in [-0.1, -0.05) is 39.8 Å². The predicted molar refractivity (Wildman–Crippen MR) is 189 cm³/mol. The summed E-state index contributed by atoms with van der Waals surface area (Å²) in [6.07, 6.45) is -0.576. The van der Waals surface area contributed by atoms with Crippen molar-refractivity contribution in [3.63, 3.8) is 0 Å². The molecule has 8 atom stereocenters. The van der Waals surface area contributed by atoms with Gasteiger partial charge in [-0.15, -0.1) is 0 Å². The van der Waals surface area contributed by atoms with E-state index in [1.807, 2.05) is 13.8 Å². The first-order valence-corrected chi connectivity index (χ1v) is 17.7. The Kier molecular flexibility index (Phi) is 14.5. The van der Waals surface area contributed by atoms with Crippen molar-refractivity contribution in [2.24, 2.45) is 23.3 Å². The van der Waals surface area contributed by atoms with Gasteiger partial charge < -0.3 is 52.7 Å². The molecule has 0 saturated carbocycles. The first-order chi connectivity index (χ1) is 24.3. The fourth-order valence-electron chi connectivity index (χ4n) is 6.28. The highest BCUT2D eigenvalue weighted by Gasteiger charge is 2.43. The largest absolute Gasteiger partial charge is 0.508 e. The number of aliphatic hydroxyl groups is 1. The lowest BCUT2D eigenvalue weighted by atomic mass is 10.0. The smallest absolute Gasteiger partial charge is 0.245 e. The number of hydrogen-bond acceptors (Lipinski definition) is 10. The average Bonchev–Trinajstić information content (AvgIpc) is 3.59. The Balaban J connectivity index is 1.73. The summed E-state index contributed by atoms with van der Waals surface area (Å²) in [4.78, 5) is 94.6. The van der Waals surface area contributed by atoms with Crippen molar-refractivity contribution in [2.75, 3.05) is 13.1 Å². The molecule has 0 radical (unpaired) electrons. The Morgan fingerprint density at radius 3 is 1.87 bits per heavy atom. The number of aliphatic hydroxyl groups excluding tert-OH is 1. The molecule has 2 fully saturated rings. The van der Waals surface area contributed by atoms with Crippen LogP contribution in [-0.4, -0.2) is 123 Å². The van der Waals surface area contributed by atoms with E-state index in [9.17, 15) is 43.8 Å². The molecule has 0 bridgehead atoms. The third kappa shape index (κ3) is 10.6. The van der Waals surface area contributed by atoms with Crippen LogP contribution in [0.4, 0.5) is 0 Å². The lowest BCUT2D eigenvalue weighted by molar-refractivity contribution is -0.141. The first-order valence-electron chi connectivity index (χ1n) is 17.7. The first kappa shape index (κ1) is 41.6. The number of likely N-dealkylation sites (tertiary alicyclic amines) is 2. The molecule has 52 heavy (non-hydrogen) atoms. The van der Waals surface area contributed by atoms with E-state index in [4.69, 9.17) is 11.5 Å². The molecule has 2 aliphatic rings. The van der Waals surface area contributed by atoms with Crippen LogP contribution in [0.1, 0.15) is 66.4 Å². The highest BCUT2D eigenvalue weighted by atomic mass is 16.3. The highest BCUT2D eigenvalue weighted by molar-refractivity contribution is 5.98. The van der Waals surface area contributed by atoms with Crippen LogP contribution in [0.5, 0.6) is 5.75 Å². The van der Waals surface area contributed by atoms with Crippen molar-refractivity contribution >= 4 is 41.4 Å². The maximum Gasteiger partial charge on any atom is 0.245 e. The van der Waals surface area contributed by atoms with E-state index >= 15 is 0 Å². The minimum absolute atomic E-state index is 0.0143. The number of carbonyl (C=O) groups excluding carboxylic acids is 7. The van der Waals surface area contributed by atoms with E-state index in [1.165, 1.54) is 35.8 Å². The molecule has 2 heterocycles. The summed E-state index contributed by atoms with van der Waals surface area (Å²) in [7, 11) is 0. The zero-order chi connectivity index (χ0) is 39.0. The summed E-state index contributed by atoms with van der Waals surface area (Å²) in [5.74, 6) is -4.97. The molecule has 7 amide bonds. The van der Waals surface area contributed by atoms with Gasteiger partial charge in [-0.25, -0.2) is 0 Å². The van der Waals surface area contributed by atoms with Crippen molar-refractivity contribution in [1.29, 1.82) is 0 Å². The van der Waals surface area contributed by atoms with Crippen molar-refractivity contribution in [3.8, 4) is 5.75 Å². The minimum Gasteiger partial charge on any atom is -0.508 e. The molecule has 0 aliphatic carbocycles. The second-order valence-corrected chi connectivity index (χ2v) is 14.4. The van der Waals surface area contributed by atoms with Crippen LogP contribution >= 0.6 is 0 Å². The number of hydrogen-bond donors (Lipinski definition) is 8. The third-order valence-corrected chi connectivity index (χ3v) is 9.35. The summed E-state index contributed by atoms with van der Waals surface area (Å²) in [5, 5.41) is 30.7. The Bertz CT molecular complexity index is 1480. The second-order valence-electron chi connectivity index (χ2n) is 14.4. The lowest BCUT2D eigenvalue weighted by Gasteiger charge is -2.31. The van der Waals surface area contributed by atoms with Gasteiger partial charge in [0.25, 0.3) is 0 Å². The second kappa shape index (κ2) is 18.1. The number of aromatic hydroxyl groups is 1. The molecule has 17 heteroatoms. The summed E-state index contributed by atoms with van der Waals surface area (Å²) >= 11 is 0. The van der Waals surface area contributed by atoms with Gasteiger partial charge in [-0.2, -0.15) is 0 Å². The Morgan fingerprint density at radius 2 is 1.35 bits per heavy atom. The van der Waals surface area contributed by atoms with Gasteiger partial charge in [-0.05, 0) is 62.6 Å². The van der Waals surface area contributed by atoms with Crippen molar-refractivity contribution in [3.05, 3.63) is 29.8 Å². The van der Waals surface area contributed by atoms with Gasteiger partial charge >= 0.3 is 0 Å². The monoisotopic (exact) mass is 730 g/mol. The molecule has 1 aromatic carbocycles. The number of amides is 7. The Labute approximate surface area is 303 Å². The molecule has 288 valence electrons. The highest BCUT2D eigenvalue weighted by Crippen LogP contribution is 2.22. The van der Waals surface area contributed by atoms with E-state index in [0.29, 0.717) is 18.4 Å². The zero-order valence-corrected chi connectivity index (χ0v) is 30.6. The molecular formula is C35H54N8O9. The summed E-state index contributed by atoms with van der Waals surface area (Å²) in [6.45, 7) is 10.2. The zero-order valence-electron chi connectivity index (χ0n) is 30.6. The van der Waals surface area contributed by atoms with Crippen LogP contribution in [0.3, 0.4) is 0 Å². The molecule has 17 nitrogen and oxygen atoms in total. The number of phenols is 1. The van der Waals surface area contributed by atoms with Crippen molar-refractivity contribution in [1.82, 2.24) is 31.1 Å². The van der Waals surface area contributed by atoms with Crippen LogP contribution in [0.2, 0.25) is 0 Å². The molecule has 10 N–H and O–H groups in total. The lowest BCUT2D eigenvalue weighted by Crippen LogP contribution is -2.61. The molecule has 2 saturated heterocycles. The van der Waals surface area contributed by atoms with Gasteiger partial charge in [0.1, 0.15) is 42.0 Å². The SMILES string of the molecule is CC(C)C[C@H](C(=O)N[C@H](C)C(N)=O)N1CC[C@@H](NC(=O)[C@H](NC(=O)[C@H](NC(=O)C(Cc2ccc(O)cc2)N2CC[C@@H](N)C2=O)[C@@H](C)O)C(C)C)C1=O. The standard InChI is InChI=1S/C35H54N8O9/c1-17(2)15-25(30(47)38-19(5)29(37)46)43-14-12-24(35(43)52)39-32(49)27(18(3)4)40-33(50)28(20(6)44)41-31(48)26(42-13-11-23(36)34(42)51)16-21-7-9-22(45)10-8-21/h7-10,17-20,23-28,44-45H,11-16,36H2,1-6H3,(H2,37,46)(H,38,47)(H,39,49)(H,40,50)(H,41,48)/t19-,20-,23-,24-,25-,26?,27-,28-/m1/s1. The fraction of sp³-hybridized carbons (Fsp3) is 0.629. The summed E-state index contributed by atoms with van der Waals surface area (Å²) in [6, 6.07) is -1.40. The van der Waals surface area contributed by atoms with E-state index in [0.717, 1.165) is 0 Å². The number of phenolic OH excluding ortho intramolecular Hbond substituents is 1. The number of benzene rings is 1. The van der Waals surface area contributed by atoms with Gasteiger partial charge in [0.05, 0.1) is 12.1 Å². The third-order valence-electron chi connectivity index (χ3n) is 9.35. The average molecular weight is 731 g/mol. The van der Waals surface area contributed by atoms with Crippen LogP contribution in [0.15, 0.2) is 24.3 Å².